The van der Waals surface area contributed by atoms with Crippen molar-refractivity contribution in [3.63, 3.8) is 0 Å². The van der Waals surface area contributed by atoms with E-state index in [2.05, 4.69) is 18.2 Å². The van der Waals surface area contributed by atoms with E-state index < -0.39 is 11.0 Å². The smallest absolute Gasteiger partial charge is 0.144 e. The largest absolute Gasteiger partial charge is 0.234 e. The molecule has 0 N–H and O–H groups in total. The van der Waals surface area contributed by atoms with E-state index >= 15 is 0 Å². The minimum atomic E-state index is -1.09. The molecule has 0 rings (SSSR count). The Hall–Kier alpha value is -0.180. The lowest BCUT2D eigenvalue weighted by molar-refractivity contribution is 0.650. The minimum Gasteiger partial charge on any atom is -0.234 e. The zero-order valence-corrected chi connectivity index (χ0v) is 9.44. The van der Waals surface area contributed by atoms with Gasteiger partial charge in [-0.2, -0.15) is 4.40 Å². The fourth-order valence-electron chi connectivity index (χ4n) is 0.423. The summed E-state index contributed by atoms with van der Waals surface area (Å²) in [5.74, 6) is 0.427. The molecular weight excluding hydrogens is 170 g/mol. The predicted molar refractivity (Wildman–Crippen MR) is 55.8 cm³/mol. The maximum absolute atomic E-state index is 11.4. The van der Waals surface area contributed by atoms with Crippen LogP contribution in [0.3, 0.4) is 0 Å². The van der Waals surface area contributed by atoms with E-state index in [0.717, 1.165) is 6.42 Å². The third-order valence-corrected chi connectivity index (χ3v) is 2.94. The maximum atomic E-state index is 11.4. The molecular formula is C9H19NOS. The summed E-state index contributed by atoms with van der Waals surface area (Å²) >= 11 is 0. The molecule has 0 saturated heterocycles. The SMILES string of the molecule is CC[C@H](C)C=N[S@@](=O)C(C)(C)C. The quantitative estimate of drug-likeness (QED) is 0.627. The average Bonchev–Trinajstić information content (AvgIpc) is 1.97. The zero-order chi connectivity index (χ0) is 9.78. The number of rotatable bonds is 3. The molecule has 0 aliphatic rings. The molecule has 2 nitrogen and oxygen atoms in total. The Balaban J connectivity index is 4.10. The molecule has 0 amide bonds. The molecule has 72 valence electrons. The van der Waals surface area contributed by atoms with Gasteiger partial charge in [-0.1, -0.05) is 13.8 Å². The summed E-state index contributed by atoms with van der Waals surface area (Å²) in [6.07, 6.45) is 2.84. The molecule has 0 aliphatic heterocycles. The normalized spacial score (nSPS) is 18.1. The van der Waals surface area contributed by atoms with Gasteiger partial charge >= 0.3 is 0 Å². The number of hydrogen-bond acceptors (Lipinski definition) is 1. The van der Waals surface area contributed by atoms with E-state index in [1.807, 2.05) is 20.8 Å². The molecule has 12 heavy (non-hydrogen) atoms. The first-order valence-electron chi connectivity index (χ1n) is 4.34. The van der Waals surface area contributed by atoms with Crippen LogP contribution >= 0.6 is 0 Å². The van der Waals surface area contributed by atoms with Gasteiger partial charge in [-0.25, -0.2) is 4.21 Å². The van der Waals surface area contributed by atoms with Crippen LogP contribution in [0.1, 0.15) is 41.0 Å². The second kappa shape index (κ2) is 4.75. The van der Waals surface area contributed by atoms with Crippen LogP contribution in [-0.4, -0.2) is 15.2 Å². The zero-order valence-electron chi connectivity index (χ0n) is 8.63. The predicted octanol–water partition coefficient (Wildman–Crippen LogP) is 2.57. The van der Waals surface area contributed by atoms with Gasteiger partial charge in [0.05, 0.1) is 4.75 Å². The van der Waals surface area contributed by atoms with Crippen molar-refractivity contribution in [2.75, 3.05) is 0 Å². The topological polar surface area (TPSA) is 29.4 Å². The summed E-state index contributed by atoms with van der Waals surface area (Å²) in [6.45, 7) is 9.95. The highest BCUT2D eigenvalue weighted by Gasteiger charge is 2.18. The molecule has 0 aromatic carbocycles. The lowest BCUT2D eigenvalue weighted by atomic mass is 10.1. The fraction of sp³-hybridized carbons (Fsp3) is 0.889. The first-order chi connectivity index (χ1) is 5.38. The van der Waals surface area contributed by atoms with E-state index in [1.54, 1.807) is 6.21 Å². The van der Waals surface area contributed by atoms with E-state index in [1.165, 1.54) is 0 Å². The molecule has 0 aromatic heterocycles. The highest BCUT2D eigenvalue weighted by atomic mass is 32.2. The van der Waals surface area contributed by atoms with Crippen molar-refractivity contribution in [1.82, 2.24) is 0 Å². The Labute approximate surface area is 78.1 Å². The van der Waals surface area contributed by atoms with Crippen LogP contribution in [0.5, 0.6) is 0 Å². The standard InChI is InChI=1S/C9H19NOS/c1-6-8(2)7-10-12(11)9(3,4)5/h7-8H,6H2,1-5H3/t8-,12-/m0/s1. The molecule has 0 aromatic rings. The van der Waals surface area contributed by atoms with Crippen molar-refractivity contribution in [2.24, 2.45) is 10.3 Å². The van der Waals surface area contributed by atoms with Crippen LogP contribution in [-0.2, 0) is 11.0 Å². The van der Waals surface area contributed by atoms with Gasteiger partial charge in [0.25, 0.3) is 0 Å². The summed E-state index contributed by atoms with van der Waals surface area (Å²) in [5, 5.41) is 0. The maximum Gasteiger partial charge on any atom is 0.144 e. The first-order valence-corrected chi connectivity index (χ1v) is 5.44. The Kier molecular flexibility index (Phi) is 4.68. The molecule has 0 heterocycles. The van der Waals surface area contributed by atoms with Gasteiger partial charge in [-0.3, -0.25) is 0 Å². The molecule has 0 aliphatic carbocycles. The minimum absolute atomic E-state index is 0.232. The van der Waals surface area contributed by atoms with Gasteiger partial charge in [0.2, 0.25) is 0 Å². The summed E-state index contributed by atoms with van der Waals surface area (Å²) in [7, 11) is -1.09. The molecule has 0 saturated carbocycles. The van der Waals surface area contributed by atoms with Crippen LogP contribution in [0.15, 0.2) is 4.40 Å². The van der Waals surface area contributed by atoms with E-state index in [-0.39, 0.29) is 4.75 Å². The van der Waals surface area contributed by atoms with Crippen LogP contribution < -0.4 is 0 Å². The van der Waals surface area contributed by atoms with Gasteiger partial charge in [0.1, 0.15) is 11.0 Å². The third kappa shape index (κ3) is 4.65. The second-order valence-electron chi connectivity index (χ2n) is 4.00. The van der Waals surface area contributed by atoms with Crippen LogP contribution in [0.2, 0.25) is 0 Å². The number of nitrogens with zero attached hydrogens (tertiary/aromatic N) is 1. The molecule has 3 heteroatoms. The van der Waals surface area contributed by atoms with Crippen molar-refractivity contribution >= 4 is 17.2 Å². The number of hydrogen-bond donors (Lipinski definition) is 0. The third-order valence-electron chi connectivity index (χ3n) is 1.58. The van der Waals surface area contributed by atoms with Crippen LogP contribution in [0.25, 0.3) is 0 Å². The van der Waals surface area contributed by atoms with Crippen molar-refractivity contribution in [1.29, 1.82) is 0 Å². The lowest BCUT2D eigenvalue weighted by Gasteiger charge is -2.13. The van der Waals surface area contributed by atoms with Gasteiger partial charge < -0.3 is 0 Å². The van der Waals surface area contributed by atoms with Crippen molar-refractivity contribution < 1.29 is 4.21 Å². The van der Waals surface area contributed by atoms with Crippen molar-refractivity contribution in [3.05, 3.63) is 0 Å². The van der Waals surface area contributed by atoms with E-state index in [0.29, 0.717) is 5.92 Å². The first kappa shape index (κ1) is 11.8. The highest BCUT2D eigenvalue weighted by Crippen LogP contribution is 2.12. The monoisotopic (exact) mass is 189 g/mol. The van der Waals surface area contributed by atoms with E-state index in [9.17, 15) is 4.21 Å². The molecule has 0 fully saturated rings. The summed E-state index contributed by atoms with van der Waals surface area (Å²) in [6, 6.07) is 0. The molecule has 0 radical (unpaired) electrons. The Morgan fingerprint density at radius 2 is 2.00 bits per heavy atom. The Bertz CT molecular complexity index is 181. The Morgan fingerprint density at radius 3 is 2.33 bits per heavy atom. The molecule has 2 atom stereocenters. The van der Waals surface area contributed by atoms with Gasteiger partial charge in [-0.05, 0) is 33.1 Å². The molecule has 0 bridgehead atoms. The Morgan fingerprint density at radius 1 is 1.50 bits per heavy atom. The van der Waals surface area contributed by atoms with Gasteiger partial charge in [-0.15, -0.1) is 0 Å². The van der Waals surface area contributed by atoms with E-state index in [4.69, 9.17) is 0 Å². The average molecular weight is 189 g/mol. The van der Waals surface area contributed by atoms with Gasteiger partial charge in [0.15, 0.2) is 0 Å². The summed E-state index contributed by atoms with van der Waals surface area (Å²) in [5.41, 5.74) is 0. The summed E-state index contributed by atoms with van der Waals surface area (Å²) in [4.78, 5) is 0. The van der Waals surface area contributed by atoms with Crippen LogP contribution in [0.4, 0.5) is 0 Å². The second-order valence-corrected chi connectivity index (χ2v) is 5.94. The summed E-state index contributed by atoms with van der Waals surface area (Å²) < 4.78 is 15.2. The highest BCUT2D eigenvalue weighted by molar-refractivity contribution is 7.85. The van der Waals surface area contributed by atoms with Gasteiger partial charge in [0, 0.05) is 6.21 Å². The molecule has 0 unspecified atom stereocenters. The molecule has 0 spiro atoms. The van der Waals surface area contributed by atoms with Crippen LogP contribution in [0, 0.1) is 5.92 Å². The van der Waals surface area contributed by atoms with Crippen molar-refractivity contribution in [2.45, 2.75) is 45.8 Å². The fourth-order valence-corrected chi connectivity index (χ4v) is 1.06. The lowest BCUT2D eigenvalue weighted by Crippen LogP contribution is -2.20. The van der Waals surface area contributed by atoms with Crippen molar-refractivity contribution in [3.8, 4) is 0 Å².